The average Bonchev–Trinajstić information content (AvgIpc) is 3.00. The third-order valence-electron chi connectivity index (χ3n) is 4.21. The molecule has 27 heavy (non-hydrogen) atoms. The van der Waals surface area contributed by atoms with Crippen LogP contribution >= 0.6 is 0 Å². The molecular weight excluding hydrogens is 332 g/mol. The molecule has 150 valence electrons. The maximum atomic E-state index is 4.45. The third kappa shape index (κ3) is 7.05. The average molecular weight is 371 g/mol. The molecule has 0 aliphatic heterocycles. The second-order valence-corrected chi connectivity index (χ2v) is 6.69. The normalized spacial score (nSPS) is 10.1. The van der Waals surface area contributed by atoms with E-state index in [-0.39, 0.29) is 5.41 Å². The van der Waals surface area contributed by atoms with Crippen LogP contribution in [0.25, 0.3) is 6.08 Å². The van der Waals surface area contributed by atoms with Crippen molar-refractivity contribution in [3.8, 4) is 0 Å². The summed E-state index contributed by atoms with van der Waals surface area (Å²) in [6, 6.07) is 6.34. The van der Waals surface area contributed by atoms with Gasteiger partial charge in [0.2, 0.25) is 0 Å². The number of aryl methyl sites for hydroxylation is 3. The van der Waals surface area contributed by atoms with E-state index in [1.54, 1.807) is 10.9 Å². The predicted molar refractivity (Wildman–Crippen MR) is 120 cm³/mol. The lowest BCUT2D eigenvalue weighted by Gasteiger charge is -2.27. The van der Waals surface area contributed by atoms with Gasteiger partial charge in [0.15, 0.2) is 0 Å². The largest absolute Gasteiger partial charge is 0.359 e. The molecule has 4 heteroatoms. The summed E-state index contributed by atoms with van der Waals surface area (Å²) in [4.78, 5) is 1.72. The summed E-state index contributed by atoms with van der Waals surface area (Å²) in [6.07, 6.45) is 1.73. The molecule has 0 radical (unpaired) electrons. The van der Waals surface area contributed by atoms with Gasteiger partial charge in [-0.15, -0.1) is 0 Å². The van der Waals surface area contributed by atoms with Crippen molar-refractivity contribution in [2.45, 2.75) is 68.9 Å². The lowest BCUT2D eigenvalue weighted by atomic mass is 9.89. The molecule has 0 amide bonds. The number of allylic oxidation sites excluding steroid dienone is 1. The Kier molecular flexibility index (Phi) is 10.4. The smallest absolute Gasteiger partial charge is 0.108 e. The minimum absolute atomic E-state index is 0.192. The monoisotopic (exact) mass is 370 g/mol. The van der Waals surface area contributed by atoms with Crippen molar-refractivity contribution >= 4 is 11.8 Å². The molecule has 0 spiro atoms. The Morgan fingerprint density at radius 1 is 1.07 bits per heavy atom. The van der Waals surface area contributed by atoms with Crippen molar-refractivity contribution in [2.75, 3.05) is 5.32 Å². The molecular formula is C23H38N4. The summed E-state index contributed by atoms with van der Waals surface area (Å²) in [5.41, 5.74) is 6.08. The van der Waals surface area contributed by atoms with E-state index in [1.807, 2.05) is 34.6 Å². The molecule has 0 unspecified atom stereocenters. The minimum atomic E-state index is -0.192. The number of nitrogens with zero attached hydrogens (tertiary/aromatic N) is 3. The first kappa shape index (κ1) is 24.6. The number of hydrogen-bond donors (Lipinski definition) is 1. The predicted octanol–water partition coefficient (Wildman–Crippen LogP) is 6.55. The molecule has 0 saturated heterocycles. The molecule has 1 aromatic carbocycles. The highest BCUT2D eigenvalue weighted by molar-refractivity contribution is 5.52. The van der Waals surface area contributed by atoms with Gasteiger partial charge in [0, 0.05) is 16.8 Å². The molecule has 0 saturated carbocycles. The van der Waals surface area contributed by atoms with Crippen molar-refractivity contribution < 1.29 is 0 Å². The SMILES string of the molecule is C=Cc1nn(CC(C)(C)C(=C)Nc2ccc(C)c(C)c2)nc1C.CC.CC. The maximum absolute atomic E-state index is 4.45. The number of hydrogen-bond acceptors (Lipinski definition) is 3. The summed E-state index contributed by atoms with van der Waals surface area (Å²) in [7, 11) is 0. The van der Waals surface area contributed by atoms with E-state index in [0.29, 0.717) is 6.54 Å². The van der Waals surface area contributed by atoms with Gasteiger partial charge in [-0.05, 0) is 50.1 Å². The number of nitrogens with one attached hydrogen (secondary N) is 1. The number of aromatic nitrogens is 3. The zero-order valence-electron chi connectivity index (χ0n) is 18.8. The fourth-order valence-electron chi connectivity index (χ4n) is 2.31. The van der Waals surface area contributed by atoms with Crippen LogP contribution in [0.15, 0.2) is 37.1 Å². The molecule has 0 atom stereocenters. The van der Waals surface area contributed by atoms with Crippen LogP contribution in [0.5, 0.6) is 0 Å². The first-order valence-electron chi connectivity index (χ1n) is 9.81. The fourth-order valence-corrected chi connectivity index (χ4v) is 2.31. The minimum Gasteiger partial charge on any atom is -0.359 e. The van der Waals surface area contributed by atoms with E-state index < -0.39 is 0 Å². The first-order chi connectivity index (χ1) is 12.7. The molecule has 0 bridgehead atoms. The van der Waals surface area contributed by atoms with Crippen LogP contribution in [0.1, 0.15) is 64.1 Å². The molecule has 1 N–H and O–H groups in total. The van der Waals surface area contributed by atoms with Gasteiger partial charge in [0.25, 0.3) is 0 Å². The summed E-state index contributed by atoms with van der Waals surface area (Å²) >= 11 is 0. The van der Waals surface area contributed by atoms with Gasteiger partial charge in [-0.3, -0.25) is 0 Å². The summed E-state index contributed by atoms with van der Waals surface area (Å²) in [5.74, 6) is 0. The zero-order chi connectivity index (χ0) is 21.2. The van der Waals surface area contributed by atoms with Gasteiger partial charge in [-0.2, -0.15) is 15.0 Å². The van der Waals surface area contributed by atoms with Gasteiger partial charge < -0.3 is 5.32 Å². The molecule has 0 aliphatic carbocycles. The van der Waals surface area contributed by atoms with Crippen molar-refractivity contribution in [3.63, 3.8) is 0 Å². The number of benzene rings is 1. The van der Waals surface area contributed by atoms with E-state index in [1.165, 1.54) is 11.1 Å². The van der Waals surface area contributed by atoms with Crippen LogP contribution in [0, 0.1) is 26.2 Å². The molecule has 0 fully saturated rings. The van der Waals surface area contributed by atoms with E-state index in [2.05, 4.69) is 74.6 Å². The van der Waals surface area contributed by atoms with Crippen molar-refractivity contribution in [1.29, 1.82) is 0 Å². The Hall–Kier alpha value is -2.36. The second kappa shape index (κ2) is 11.4. The quantitative estimate of drug-likeness (QED) is 0.627. The Morgan fingerprint density at radius 3 is 2.15 bits per heavy atom. The fraction of sp³-hybridized carbons (Fsp3) is 0.478. The van der Waals surface area contributed by atoms with Gasteiger partial charge in [0.05, 0.1) is 12.2 Å². The molecule has 2 aromatic rings. The first-order valence-corrected chi connectivity index (χ1v) is 9.81. The van der Waals surface area contributed by atoms with Gasteiger partial charge in [-0.25, -0.2) is 0 Å². The van der Waals surface area contributed by atoms with E-state index in [4.69, 9.17) is 0 Å². The summed E-state index contributed by atoms with van der Waals surface area (Å²) < 4.78 is 0. The highest BCUT2D eigenvalue weighted by Gasteiger charge is 2.24. The van der Waals surface area contributed by atoms with Crippen LogP contribution in [0.2, 0.25) is 0 Å². The van der Waals surface area contributed by atoms with Crippen LogP contribution in [-0.2, 0) is 6.54 Å². The van der Waals surface area contributed by atoms with Crippen LogP contribution in [-0.4, -0.2) is 15.0 Å². The zero-order valence-corrected chi connectivity index (χ0v) is 18.8. The molecule has 2 rings (SSSR count). The Labute approximate surface area is 166 Å². The topological polar surface area (TPSA) is 42.7 Å². The van der Waals surface area contributed by atoms with Gasteiger partial charge >= 0.3 is 0 Å². The lowest BCUT2D eigenvalue weighted by molar-refractivity contribution is 0.327. The molecule has 4 nitrogen and oxygen atoms in total. The lowest BCUT2D eigenvalue weighted by Crippen LogP contribution is -2.27. The Morgan fingerprint density at radius 2 is 1.67 bits per heavy atom. The summed E-state index contributed by atoms with van der Waals surface area (Å²) in [6.45, 7) is 27.1. The number of rotatable bonds is 6. The van der Waals surface area contributed by atoms with Crippen LogP contribution in [0.3, 0.4) is 0 Å². The van der Waals surface area contributed by atoms with Crippen LogP contribution < -0.4 is 5.32 Å². The molecule has 0 aliphatic rings. The second-order valence-electron chi connectivity index (χ2n) is 6.69. The van der Waals surface area contributed by atoms with Crippen molar-refractivity contribution in [2.24, 2.45) is 5.41 Å². The maximum Gasteiger partial charge on any atom is 0.108 e. The van der Waals surface area contributed by atoms with Crippen molar-refractivity contribution in [1.82, 2.24) is 15.0 Å². The number of anilines is 1. The summed E-state index contributed by atoms with van der Waals surface area (Å²) in [5, 5.41) is 12.3. The Balaban J connectivity index is 0.00000158. The van der Waals surface area contributed by atoms with E-state index in [9.17, 15) is 0 Å². The van der Waals surface area contributed by atoms with E-state index >= 15 is 0 Å². The van der Waals surface area contributed by atoms with Gasteiger partial charge in [0.1, 0.15) is 5.69 Å². The molecule has 1 aromatic heterocycles. The highest BCUT2D eigenvalue weighted by Crippen LogP contribution is 2.28. The van der Waals surface area contributed by atoms with Crippen molar-refractivity contribution in [3.05, 3.63) is 59.6 Å². The Bertz CT molecular complexity index is 739. The van der Waals surface area contributed by atoms with Gasteiger partial charge in [-0.1, -0.05) is 60.8 Å². The highest BCUT2D eigenvalue weighted by atomic mass is 15.5. The van der Waals surface area contributed by atoms with Crippen LogP contribution in [0.4, 0.5) is 5.69 Å². The standard InChI is InChI=1S/C19H26N4.2C2H6/c1-8-18-15(4)21-23(22-18)12-19(6,7)16(5)20-17-10-9-13(2)14(3)11-17;2*1-2/h8-11,20H,1,5,12H2,2-4,6-7H3;2*1-2H3. The van der Waals surface area contributed by atoms with E-state index in [0.717, 1.165) is 22.8 Å². The molecule has 1 heterocycles. The third-order valence-corrected chi connectivity index (χ3v) is 4.21.